The first-order valence-corrected chi connectivity index (χ1v) is 10.5. The van der Waals surface area contributed by atoms with Crippen molar-refractivity contribution in [1.29, 1.82) is 0 Å². The Morgan fingerprint density at radius 3 is 2.85 bits per heavy atom. The highest BCUT2D eigenvalue weighted by atomic mass is 16.5. The molecule has 150 valence electrons. The largest absolute Gasteiger partial charge is 0.384 e. The van der Waals surface area contributed by atoms with Gasteiger partial charge in [-0.3, -0.25) is 9.89 Å². The number of aryl methyl sites for hydroxylation is 2. The van der Waals surface area contributed by atoms with Crippen LogP contribution in [-0.4, -0.2) is 82.5 Å². The van der Waals surface area contributed by atoms with Crippen LogP contribution in [0.3, 0.4) is 0 Å². The second-order valence-corrected chi connectivity index (χ2v) is 8.41. The van der Waals surface area contributed by atoms with Crippen molar-refractivity contribution in [2.75, 3.05) is 45.9 Å². The van der Waals surface area contributed by atoms with Crippen LogP contribution >= 0.6 is 0 Å². The van der Waals surface area contributed by atoms with E-state index in [2.05, 4.69) is 15.1 Å². The molecule has 4 rings (SSSR count). The molecule has 2 aliphatic heterocycles. The number of nitrogens with zero attached hydrogens (tertiary/aromatic N) is 3. The third-order valence-electron chi connectivity index (χ3n) is 6.15. The number of likely N-dealkylation sites (tertiary alicyclic amines) is 1. The standard InChI is InChI=1S/C20H32N4O3/c25-19(8-7-18-16-5-1-2-6-17(16)21-22-18)24-11-12-27-15-20(26,14-24)13-23-9-3-4-10-23/h26H,1-15H2,(H,21,22)/t20-/m1/s1. The van der Waals surface area contributed by atoms with Gasteiger partial charge < -0.3 is 19.6 Å². The molecule has 1 atom stereocenters. The number of aromatic nitrogens is 2. The van der Waals surface area contributed by atoms with Gasteiger partial charge in [-0.15, -0.1) is 0 Å². The summed E-state index contributed by atoms with van der Waals surface area (Å²) in [5, 5.41) is 18.7. The first-order chi connectivity index (χ1) is 13.1. The number of hydrogen-bond donors (Lipinski definition) is 2. The van der Waals surface area contributed by atoms with Crippen LogP contribution in [0.1, 0.15) is 49.1 Å². The molecule has 0 bridgehead atoms. The van der Waals surface area contributed by atoms with Crippen LogP contribution in [0.2, 0.25) is 0 Å². The Morgan fingerprint density at radius 1 is 1.19 bits per heavy atom. The van der Waals surface area contributed by atoms with Crippen molar-refractivity contribution in [3.8, 4) is 0 Å². The molecule has 27 heavy (non-hydrogen) atoms. The predicted molar refractivity (Wildman–Crippen MR) is 102 cm³/mol. The average Bonchev–Trinajstić information content (AvgIpc) is 3.27. The number of ether oxygens (including phenoxy) is 1. The van der Waals surface area contributed by atoms with Gasteiger partial charge in [0, 0.05) is 31.6 Å². The molecule has 0 spiro atoms. The number of carbonyl (C=O) groups is 1. The van der Waals surface area contributed by atoms with Crippen molar-refractivity contribution < 1.29 is 14.6 Å². The van der Waals surface area contributed by atoms with Crippen LogP contribution in [0.4, 0.5) is 0 Å². The Bertz CT molecular complexity index is 656. The Hall–Kier alpha value is -1.44. The number of H-pyrrole nitrogens is 1. The molecule has 0 aromatic carbocycles. The molecule has 0 saturated carbocycles. The number of carbonyl (C=O) groups excluding carboxylic acids is 1. The number of hydrogen-bond acceptors (Lipinski definition) is 5. The van der Waals surface area contributed by atoms with Crippen molar-refractivity contribution in [3.05, 3.63) is 17.0 Å². The zero-order valence-electron chi connectivity index (χ0n) is 16.2. The van der Waals surface area contributed by atoms with Crippen LogP contribution in [0.25, 0.3) is 0 Å². The van der Waals surface area contributed by atoms with Gasteiger partial charge in [-0.25, -0.2) is 0 Å². The maximum Gasteiger partial charge on any atom is 0.223 e. The second-order valence-electron chi connectivity index (χ2n) is 8.41. The molecule has 0 unspecified atom stereocenters. The van der Waals surface area contributed by atoms with E-state index in [-0.39, 0.29) is 5.91 Å². The maximum absolute atomic E-state index is 12.8. The van der Waals surface area contributed by atoms with Gasteiger partial charge in [0.1, 0.15) is 5.60 Å². The number of nitrogens with one attached hydrogen (secondary N) is 1. The number of β-amino-alcohol motifs (C(OH)–C–C–N with tert-alkyl or cyclic N) is 1. The Labute approximate surface area is 161 Å². The molecular formula is C20H32N4O3. The quantitative estimate of drug-likeness (QED) is 0.798. The summed E-state index contributed by atoms with van der Waals surface area (Å²) in [6, 6.07) is 0. The fourth-order valence-electron chi connectivity index (χ4n) is 4.72. The highest BCUT2D eigenvalue weighted by molar-refractivity contribution is 5.76. The Balaban J connectivity index is 1.35. The highest BCUT2D eigenvalue weighted by Gasteiger charge is 2.36. The monoisotopic (exact) mass is 376 g/mol. The van der Waals surface area contributed by atoms with Crippen LogP contribution in [0.5, 0.6) is 0 Å². The summed E-state index contributed by atoms with van der Waals surface area (Å²) in [5.74, 6) is 0.0907. The van der Waals surface area contributed by atoms with Gasteiger partial charge in [-0.1, -0.05) is 0 Å². The van der Waals surface area contributed by atoms with E-state index in [9.17, 15) is 9.90 Å². The van der Waals surface area contributed by atoms with Gasteiger partial charge in [-0.2, -0.15) is 5.10 Å². The molecule has 7 heteroatoms. The predicted octanol–water partition coefficient (Wildman–Crippen LogP) is 0.907. The molecule has 3 heterocycles. The van der Waals surface area contributed by atoms with Gasteiger partial charge in [0.25, 0.3) is 0 Å². The lowest BCUT2D eigenvalue weighted by Crippen LogP contribution is -2.53. The average molecular weight is 377 g/mol. The van der Waals surface area contributed by atoms with Gasteiger partial charge in [0.05, 0.1) is 25.5 Å². The number of aliphatic hydroxyl groups is 1. The van der Waals surface area contributed by atoms with E-state index in [0.29, 0.717) is 45.7 Å². The summed E-state index contributed by atoms with van der Waals surface area (Å²) in [5.41, 5.74) is 2.67. The molecule has 1 aromatic heterocycles. The summed E-state index contributed by atoms with van der Waals surface area (Å²) < 4.78 is 5.64. The fraction of sp³-hybridized carbons (Fsp3) is 0.800. The summed E-state index contributed by atoms with van der Waals surface area (Å²) in [6.07, 6.45) is 8.06. The van der Waals surface area contributed by atoms with E-state index in [1.165, 1.54) is 36.9 Å². The molecule has 1 aliphatic carbocycles. The number of rotatable bonds is 5. The minimum absolute atomic E-state index is 0.0907. The molecule has 1 amide bonds. The molecule has 1 aromatic rings. The highest BCUT2D eigenvalue weighted by Crippen LogP contribution is 2.23. The zero-order valence-corrected chi connectivity index (χ0v) is 16.2. The molecular weight excluding hydrogens is 344 g/mol. The first kappa shape index (κ1) is 18.9. The van der Waals surface area contributed by atoms with Crippen molar-refractivity contribution in [2.45, 2.75) is 57.0 Å². The third-order valence-corrected chi connectivity index (χ3v) is 6.15. The molecule has 2 N–H and O–H groups in total. The molecule has 3 aliphatic rings. The van der Waals surface area contributed by atoms with Crippen molar-refractivity contribution in [2.24, 2.45) is 0 Å². The van der Waals surface area contributed by atoms with Gasteiger partial charge >= 0.3 is 0 Å². The Morgan fingerprint density at radius 2 is 2.00 bits per heavy atom. The summed E-state index contributed by atoms with van der Waals surface area (Å²) in [7, 11) is 0. The van der Waals surface area contributed by atoms with Gasteiger partial charge in [0.15, 0.2) is 0 Å². The van der Waals surface area contributed by atoms with Crippen molar-refractivity contribution >= 4 is 5.91 Å². The van der Waals surface area contributed by atoms with E-state index in [1.54, 1.807) is 4.90 Å². The molecule has 0 radical (unpaired) electrons. The zero-order chi connectivity index (χ0) is 18.7. The maximum atomic E-state index is 12.8. The minimum Gasteiger partial charge on any atom is -0.384 e. The summed E-state index contributed by atoms with van der Waals surface area (Å²) in [4.78, 5) is 16.9. The minimum atomic E-state index is -0.970. The topological polar surface area (TPSA) is 81.7 Å². The van der Waals surface area contributed by atoms with E-state index in [0.717, 1.165) is 31.6 Å². The molecule has 2 fully saturated rings. The van der Waals surface area contributed by atoms with E-state index < -0.39 is 5.60 Å². The van der Waals surface area contributed by atoms with Gasteiger partial charge in [-0.05, 0) is 57.2 Å². The van der Waals surface area contributed by atoms with Gasteiger partial charge in [0.2, 0.25) is 5.91 Å². The van der Waals surface area contributed by atoms with Crippen LogP contribution < -0.4 is 0 Å². The smallest absolute Gasteiger partial charge is 0.223 e. The lowest BCUT2D eigenvalue weighted by Gasteiger charge is -2.34. The third kappa shape index (κ3) is 4.52. The number of fused-ring (bicyclic) bond motifs is 1. The molecule has 7 nitrogen and oxygen atoms in total. The number of aromatic amines is 1. The second kappa shape index (κ2) is 8.29. The van der Waals surface area contributed by atoms with E-state index in [1.807, 2.05) is 0 Å². The van der Waals surface area contributed by atoms with Crippen LogP contribution in [0.15, 0.2) is 0 Å². The fourth-order valence-corrected chi connectivity index (χ4v) is 4.72. The normalized spacial score (nSPS) is 26.8. The molecule has 2 saturated heterocycles. The van der Waals surface area contributed by atoms with E-state index >= 15 is 0 Å². The number of amides is 1. The Kier molecular flexibility index (Phi) is 5.80. The van der Waals surface area contributed by atoms with Crippen LogP contribution in [0, 0.1) is 0 Å². The van der Waals surface area contributed by atoms with Crippen LogP contribution in [-0.2, 0) is 28.8 Å². The van der Waals surface area contributed by atoms with Crippen molar-refractivity contribution in [1.82, 2.24) is 20.0 Å². The lowest BCUT2D eigenvalue weighted by atomic mass is 9.94. The summed E-state index contributed by atoms with van der Waals surface area (Å²) in [6.45, 7) is 4.36. The lowest BCUT2D eigenvalue weighted by molar-refractivity contribution is -0.134. The van der Waals surface area contributed by atoms with Crippen molar-refractivity contribution in [3.63, 3.8) is 0 Å². The summed E-state index contributed by atoms with van der Waals surface area (Å²) >= 11 is 0. The SMILES string of the molecule is O=C(CCc1n[nH]c2c1CCCC2)N1CCOC[C@@](O)(CN2CCCC2)C1. The van der Waals surface area contributed by atoms with E-state index in [4.69, 9.17) is 4.74 Å². The first-order valence-electron chi connectivity index (χ1n) is 10.5.